The van der Waals surface area contributed by atoms with Crippen LogP contribution in [0, 0.1) is 16.0 Å². The van der Waals surface area contributed by atoms with Crippen LogP contribution in [0.25, 0.3) is 0 Å². The molecule has 0 heterocycles. The molecule has 1 aromatic rings. The van der Waals surface area contributed by atoms with E-state index in [2.05, 4.69) is 5.32 Å². The zero-order valence-electron chi connectivity index (χ0n) is 11.3. The molecule has 1 aromatic carbocycles. The van der Waals surface area contributed by atoms with Crippen molar-refractivity contribution in [3.63, 3.8) is 0 Å². The lowest BCUT2D eigenvalue weighted by Crippen LogP contribution is -2.38. The van der Waals surface area contributed by atoms with Crippen LogP contribution in [0.1, 0.15) is 20.8 Å². The smallest absolute Gasteiger partial charge is 0.273 e. The van der Waals surface area contributed by atoms with Crippen molar-refractivity contribution in [2.24, 2.45) is 5.92 Å². The van der Waals surface area contributed by atoms with E-state index in [0.29, 0.717) is 11.7 Å². The van der Waals surface area contributed by atoms with E-state index < -0.39 is 4.92 Å². The molecule has 0 bridgehead atoms. The number of rotatable bonds is 6. The van der Waals surface area contributed by atoms with Gasteiger partial charge in [-0.3, -0.25) is 14.9 Å². The Morgan fingerprint density at radius 3 is 2.68 bits per heavy atom. The van der Waals surface area contributed by atoms with E-state index in [9.17, 15) is 14.9 Å². The number of benzene rings is 1. The van der Waals surface area contributed by atoms with Gasteiger partial charge in [0.15, 0.2) is 6.61 Å². The molecule has 6 nitrogen and oxygen atoms in total. The second-order valence-electron chi connectivity index (χ2n) is 4.64. The Hall–Kier alpha value is -2.11. The summed E-state index contributed by atoms with van der Waals surface area (Å²) in [6.07, 6.45) is 0. The number of carbonyl (C=O) groups is 1. The van der Waals surface area contributed by atoms with Gasteiger partial charge in [0.25, 0.3) is 11.6 Å². The predicted octanol–water partition coefficient (Wildman–Crippen LogP) is 2.13. The van der Waals surface area contributed by atoms with Crippen LogP contribution in [0.15, 0.2) is 24.3 Å². The molecular formula is C13H18N2O4. The lowest BCUT2D eigenvalue weighted by Gasteiger charge is -2.17. The first kappa shape index (κ1) is 14.9. The summed E-state index contributed by atoms with van der Waals surface area (Å²) in [5.41, 5.74) is -0.0616. The third kappa shape index (κ3) is 4.95. The zero-order chi connectivity index (χ0) is 14.4. The number of ether oxygens (including phenoxy) is 1. The maximum Gasteiger partial charge on any atom is 0.273 e. The van der Waals surface area contributed by atoms with E-state index in [4.69, 9.17) is 4.74 Å². The molecule has 0 aromatic heterocycles. The van der Waals surface area contributed by atoms with E-state index in [-0.39, 0.29) is 24.2 Å². The minimum atomic E-state index is -0.506. The fourth-order valence-electron chi connectivity index (χ4n) is 1.30. The highest BCUT2D eigenvalue weighted by atomic mass is 16.6. The van der Waals surface area contributed by atoms with Gasteiger partial charge in [-0.1, -0.05) is 19.9 Å². The standard InChI is InChI=1S/C13H18N2O4/c1-9(2)10(3)14-13(16)8-19-12-6-4-5-11(7-12)15(17)18/h4-7,9-10H,8H2,1-3H3,(H,14,16)/t10-/m1/s1. The van der Waals surface area contributed by atoms with Gasteiger partial charge in [0, 0.05) is 12.1 Å². The second-order valence-corrected chi connectivity index (χ2v) is 4.64. The summed E-state index contributed by atoms with van der Waals surface area (Å²) < 4.78 is 5.22. The molecule has 1 N–H and O–H groups in total. The van der Waals surface area contributed by atoms with Gasteiger partial charge in [-0.15, -0.1) is 0 Å². The second kappa shape index (κ2) is 6.72. The summed E-state index contributed by atoms with van der Waals surface area (Å²) in [5.74, 6) is 0.399. The fraction of sp³-hybridized carbons (Fsp3) is 0.462. The van der Waals surface area contributed by atoms with Crippen LogP contribution < -0.4 is 10.1 Å². The van der Waals surface area contributed by atoms with Crippen LogP contribution in [0.3, 0.4) is 0 Å². The van der Waals surface area contributed by atoms with Crippen LogP contribution in [0.2, 0.25) is 0 Å². The third-order valence-corrected chi connectivity index (χ3v) is 2.79. The van der Waals surface area contributed by atoms with Gasteiger partial charge in [-0.05, 0) is 18.9 Å². The topological polar surface area (TPSA) is 81.5 Å². The number of nitro groups is 1. The van der Waals surface area contributed by atoms with Crippen LogP contribution in [-0.4, -0.2) is 23.5 Å². The molecule has 0 saturated carbocycles. The molecule has 19 heavy (non-hydrogen) atoms. The van der Waals surface area contributed by atoms with Crippen molar-refractivity contribution in [3.05, 3.63) is 34.4 Å². The summed E-state index contributed by atoms with van der Waals surface area (Å²) >= 11 is 0. The molecule has 0 saturated heterocycles. The van der Waals surface area contributed by atoms with Gasteiger partial charge in [0.2, 0.25) is 0 Å². The molecule has 1 rings (SSSR count). The largest absolute Gasteiger partial charge is 0.484 e. The lowest BCUT2D eigenvalue weighted by molar-refractivity contribution is -0.384. The summed E-state index contributed by atoms with van der Waals surface area (Å²) in [7, 11) is 0. The molecule has 6 heteroatoms. The van der Waals surface area contributed by atoms with Crippen molar-refractivity contribution in [2.75, 3.05) is 6.61 Å². The van der Waals surface area contributed by atoms with E-state index >= 15 is 0 Å². The molecule has 1 amide bonds. The van der Waals surface area contributed by atoms with Gasteiger partial charge in [-0.2, -0.15) is 0 Å². The zero-order valence-corrected chi connectivity index (χ0v) is 11.3. The molecule has 0 aliphatic rings. The predicted molar refractivity (Wildman–Crippen MR) is 71.0 cm³/mol. The minimum absolute atomic E-state index is 0.0567. The maximum atomic E-state index is 11.6. The van der Waals surface area contributed by atoms with Crippen molar-refractivity contribution >= 4 is 11.6 Å². The highest BCUT2D eigenvalue weighted by Gasteiger charge is 2.12. The van der Waals surface area contributed by atoms with Crippen LogP contribution in [0.4, 0.5) is 5.69 Å². The Balaban J connectivity index is 2.50. The molecular weight excluding hydrogens is 248 g/mol. The molecule has 0 radical (unpaired) electrons. The first-order valence-corrected chi connectivity index (χ1v) is 6.06. The Morgan fingerprint density at radius 2 is 2.11 bits per heavy atom. The lowest BCUT2D eigenvalue weighted by atomic mass is 10.1. The number of hydrogen-bond donors (Lipinski definition) is 1. The SMILES string of the molecule is CC(C)[C@@H](C)NC(=O)COc1cccc([N+](=O)[O-])c1. The van der Waals surface area contributed by atoms with Crippen molar-refractivity contribution in [1.29, 1.82) is 0 Å². The summed E-state index contributed by atoms with van der Waals surface area (Å²) in [6, 6.07) is 5.81. The fourth-order valence-corrected chi connectivity index (χ4v) is 1.30. The van der Waals surface area contributed by atoms with Crippen molar-refractivity contribution in [2.45, 2.75) is 26.8 Å². The van der Waals surface area contributed by atoms with Crippen molar-refractivity contribution in [1.82, 2.24) is 5.32 Å². The van der Waals surface area contributed by atoms with Crippen LogP contribution in [-0.2, 0) is 4.79 Å². The summed E-state index contributed by atoms with van der Waals surface area (Å²) in [6.45, 7) is 5.77. The molecule has 0 fully saturated rings. The van der Waals surface area contributed by atoms with E-state index in [0.717, 1.165) is 0 Å². The molecule has 0 aliphatic carbocycles. The summed E-state index contributed by atoms with van der Waals surface area (Å²) in [4.78, 5) is 21.7. The number of non-ortho nitro benzene ring substituents is 1. The van der Waals surface area contributed by atoms with Gasteiger partial charge >= 0.3 is 0 Å². The van der Waals surface area contributed by atoms with Crippen LogP contribution >= 0.6 is 0 Å². The Kier molecular flexibility index (Phi) is 5.29. The van der Waals surface area contributed by atoms with Gasteiger partial charge in [-0.25, -0.2) is 0 Å². The number of nitrogens with one attached hydrogen (secondary N) is 1. The molecule has 1 atom stereocenters. The number of nitro benzene ring substituents is 1. The quantitative estimate of drug-likeness (QED) is 0.631. The Bertz CT molecular complexity index is 460. The first-order chi connectivity index (χ1) is 8.90. The highest BCUT2D eigenvalue weighted by molar-refractivity contribution is 5.77. The van der Waals surface area contributed by atoms with Gasteiger partial charge in [0.1, 0.15) is 5.75 Å². The number of nitrogens with zero attached hydrogens (tertiary/aromatic N) is 1. The number of carbonyl (C=O) groups excluding carboxylic acids is 1. The molecule has 0 aliphatic heterocycles. The van der Waals surface area contributed by atoms with Crippen molar-refractivity contribution < 1.29 is 14.5 Å². The minimum Gasteiger partial charge on any atom is -0.484 e. The Labute approximate surface area is 111 Å². The Morgan fingerprint density at radius 1 is 1.42 bits per heavy atom. The highest BCUT2D eigenvalue weighted by Crippen LogP contribution is 2.18. The normalized spacial score (nSPS) is 12.0. The molecule has 0 spiro atoms. The number of hydrogen-bond acceptors (Lipinski definition) is 4. The van der Waals surface area contributed by atoms with E-state index in [1.165, 1.54) is 18.2 Å². The van der Waals surface area contributed by atoms with Crippen molar-refractivity contribution in [3.8, 4) is 5.75 Å². The molecule has 0 unspecified atom stereocenters. The van der Waals surface area contributed by atoms with Gasteiger partial charge in [0.05, 0.1) is 11.0 Å². The first-order valence-electron chi connectivity index (χ1n) is 6.06. The maximum absolute atomic E-state index is 11.6. The average molecular weight is 266 g/mol. The van der Waals surface area contributed by atoms with E-state index in [1.807, 2.05) is 20.8 Å². The van der Waals surface area contributed by atoms with E-state index in [1.54, 1.807) is 6.07 Å². The molecule has 104 valence electrons. The van der Waals surface area contributed by atoms with Gasteiger partial charge < -0.3 is 10.1 Å². The van der Waals surface area contributed by atoms with Crippen LogP contribution in [0.5, 0.6) is 5.75 Å². The summed E-state index contributed by atoms with van der Waals surface area (Å²) in [5, 5.41) is 13.4. The number of amides is 1. The monoisotopic (exact) mass is 266 g/mol. The third-order valence-electron chi connectivity index (χ3n) is 2.79. The average Bonchev–Trinajstić information content (AvgIpc) is 2.36.